The second-order valence-corrected chi connectivity index (χ2v) is 4.16. The van der Waals surface area contributed by atoms with Gasteiger partial charge < -0.3 is 4.90 Å². The van der Waals surface area contributed by atoms with Crippen LogP contribution >= 0.6 is 0 Å². The lowest BCUT2D eigenvalue weighted by atomic mass is 10.1. The molecule has 15 heavy (non-hydrogen) atoms. The molecule has 2 rings (SSSR count). The number of hydrogen-bond acceptors (Lipinski definition) is 2. The maximum Gasteiger partial charge on any atom is 0.0991 e. The minimum absolute atomic E-state index is 0.758. The molecule has 0 aromatic heterocycles. The van der Waals surface area contributed by atoms with Gasteiger partial charge in [0.2, 0.25) is 0 Å². The van der Waals surface area contributed by atoms with Crippen molar-refractivity contribution in [2.75, 3.05) is 18.0 Å². The van der Waals surface area contributed by atoms with Crippen LogP contribution in [-0.4, -0.2) is 13.1 Å². The van der Waals surface area contributed by atoms with E-state index in [4.69, 9.17) is 5.26 Å². The fourth-order valence-corrected chi connectivity index (χ4v) is 2.21. The van der Waals surface area contributed by atoms with Crippen LogP contribution in [0.5, 0.6) is 0 Å². The van der Waals surface area contributed by atoms with E-state index < -0.39 is 0 Å². The van der Waals surface area contributed by atoms with Crippen molar-refractivity contribution >= 4 is 5.69 Å². The summed E-state index contributed by atoms with van der Waals surface area (Å²) in [6.45, 7) is 4.41. The van der Waals surface area contributed by atoms with Gasteiger partial charge in [-0.1, -0.05) is 0 Å². The third-order valence-electron chi connectivity index (χ3n) is 3.02. The molecule has 78 valence electrons. The SMILES string of the molecule is Cc1cc(C#N)ccc1N1CCCCC1. The quantitative estimate of drug-likeness (QED) is 0.697. The van der Waals surface area contributed by atoms with Crippen LogP contribution < -0.4 is 4.90 Å². The number of piperidine rings is 1. The fourth-order valence-electron chi connectivity index (χ4n) is 2.21. The third kappa shape index (κ3) is 2.12. The number of rotatable bonds is 1. The van der Waals surface area contributed by atoms with Crippen molar-refractivity contribution in [3.05, 3.63) is 29.3 Å². The van der Waals surface area contributed by atoms with Gasteiger partial charge in [0.1, 0.15) is 0 Å². The molecule has 0 N–H and O–H groups in total. The zero-order valence-electron chi connectivity index (χ0n) is 9.16. The van der Waals surface area contributed by atoms with Crippen LogP contribution in [0.1, 0.15) is 30.4 Å². The first-order chi connectivity index (χ1) is 7.31. The van der Waals surface area contributed by atoms with Crippen molar-refractivity contribution in [3.8, 4) is 6.07 Å². The second kappa shape index (κ2) is 4.35. The molecule has 0 aliphatic carbocycles. The molecule has 0 bridgehead atoms. The Labute approximate surface area is 91.1 Å². The maximum atomic E-state index is 8.80. The summed E-state index contributed by atoms with van der Waals surface area (Å²) < 4.78 is 0. The average Bonchev–Trinajstić information content (AvgIpc) is 2.30. The van der Waals surface area contributed by atoms with Crippen LogP contribution in [0.4, 0.5) is 5.69 Å². The molecule has 1 heterocycles. The third-order valence-corrected chi connectivity index (χ3v) is 3.02. The van der Waals surface area contributed by atoms with E-state index in [2.05, 4.69) is 24.0 Å². The smallest absolute Gasteiger partial charge is 0.0991 e. The summed E-state index contributed by atoms with van der Waals surface area (Å²) in [5.41, 5.74) is 3.28. The number of anilines is 1. The van der Waals surface area contributed by atoms with E-state index in [1.807, 2.05) is 12.1 Å². The molecular formula is C13H16N2. The van der Waals surface area contributed by atoms with Crippen molar-refractivity contribution in [2.24, 2.45) is 0 Å². The maximum absolute atomic E-state index is 8.80. The molecule has 0 unspecified atom stereocenters. The molecule has 0 atom stereocenters. The Hall–Kier alpha value is -1.49. The van der Waals surface area contributed by atoms with Crippen molar-refractivity contribution in [1.29, 1.82) is 5.26 Å². The Morgan fingerprint density at radius 3 is 2.53 bits per heavy atom. The lowest BCUT2D eigenvalue weighted by Gasteiger charge is -2.30. The topological polar surface area (TPSA) is 27.0 Å². The fraction of sp³-hybridized carbons (Fsp3) is 0.462. The van der Waals surface area contributed by atoms with Crippen molar-refractivity contribution < 1.29 is 0 Å². The minimum Gasteiger partial charge on any atom is -0.371 e. The average molecular weight is 200 g/mol. The Kier molecular flexibility index (Phi) is 2.91. The van der Waals surface area contributed by atoms with Crippen LogP contribution in [0.3, 0.4) is 0 Å². The van der Waals surface area contributed by atoms with E-state index in [9.17, 15) is 0 Å². The van der Waals surface area contributed by atoms with Gasteiger partial charge in [-0.2, -0.15) is 5.26 Å². The Morgan fingerprint density at radius 2 is 1.93 bits per heavy atom. The summed E-state index contributed by atoms with van der Waals surface area (Å²) in [7, 11) is 0. The Balaban J connectivity index is 2.24. The summed E-state index contributed by atoms with van der Waals surface area (Å²) in [6.07, 6.45) is 3.94. The first-order valence-electron chi connectivity index (χ1n) is 5.57. The molecule has 1 aromatic carbocycles. The summed E-state index contributed by atoms with van der Waals surface area (Å²) in [5.74, 6) is 0. The van der Waals surface area contributed by atoms with Crippen LogP contribution in [-0.2, 0) is 0 Å². The van der Waals surface area contributed by atoms with E-state index >= 15 is 0 Å². The first-order valence-corrected chi connectivity index (χ1v) is 5.57. The standard InChI is InChI=1S/C13H16N2/c1-11-9-12(10-14)5-6-13(11)15-7-3-2-4-8-15/h5-6,9H,2-4,7-8H2,1H3. The number of hydrogen-bond donors (Lipinski definition) is 0. The molecule has 0 spiro atoms. The predicted octanol–water partition coefficient (Wildman–Crippen LogP) is 2.86. The van der Waals surface area contributed by atoms with Crippen molar-refractivity contribution in [2.45, 2.75) is 26.2 Å². The highest BCUT2D eigenvalue weighted by molar-refractivity contribution is 5.56. The van der Waals surface area contributed by atoms with Crippen LogP contribution in [0.25, 0.3) is 0 Å². The summed E-state index contributed by atoms with van der Waals surface area (Å²) in [6, 6.07) is 8.15. The molecule has 0 radical (unpaired) electrons. The van der Waals surface area contributed by atoms with Gasteiger partial charge in [0.15, 0.2) is 0 Å². The largest absolute Gasteiger partial charge is 0.371 e. The molecule has 1 aliphatic heterocycles. The van der Waals surface area contributed by atoms with Crippen LogP contribution in [0.15, 0.2) is 18.2 Å². The van der Waals surface area contributed by atoms with Gasteiger partial charge in [-0.3, -0.25) is 0 Å². The highest BCUT2D eigenvalue weighted by Gasteiger charge is 2.12. The van der Waals surface area contributed by atoms with E-state index in [1.165, 1.54) is 30.5 Å². The molecule has 1 aromatic rings. The number of nitrogens with zero attached hydrogens (tertiary/aromatic N) is 2. The first kappa shape index (κ1) is 10.0. The predicted molar refractivity (Wildman–Crippen MR) is 62.0 cm³/mol. The number of benzene rings is 1. The normalized spacial score (nSPS) is 16.1. The Morgan fingerprint density at radius 1 is 1.20 bits per heavy atom. The molecule has 2 heteroatoms. The molecule has 2 nitrogen and oxygen atoms in total. The Bertz CT molecular complexity index is 384. The molecule has 0 amide bonds. The number of nitriles is 1. The summed E-state index contributed by atoms with van der Waals surface area (Å²) in [5, 5.41) is 8.80. The molecule has 0 saturated carbocycles. The van der Waals surface area contributed by atoms with E-state index in [1.54, 1.807) is 0 Å². The van der Waals surface area contributed by atoms with Gasteiger partial charge in [-0.05, 0) is 49.9 Å². The monoisotopic (exact) mass is 200 g/mol. The number of aryl methyl sites for hydroxylation is 1. The van der Waals surface area contributed by atoms with Crippen molar-refractivity contribution in [1.82, 2.24) is 0 Å². The van der Waals surface area contributed by atoms with Crippen LogP contribution in [0, 0.1) is 18.3 Å². The van der Waals surface area contributed by atoms with Crippen LogP contribution in [0.2, 0.25) is 0 Å². The zero-order chi connectivity index (χ0) is 10.7. The lowest BCUT2D eigenvalue weighted by Crippen LogP contribution is -2.29. The van der Waals surface area contributed by atoms with Gasteiger partial charge >= 0.3 is 0 Å². The van der Waals surface area contributed by atoms with E-state index in [0.29, 0.717) is 0 Å². The van der Waals surface area contributed by atoms with Gasteiger partial charge in [-0.15, -0.1) is 0 Å². The van der Waals surface area contributed by atoms with E-state index in [0.717, 1.165) is 18.7 Å². The zero-order valence-corrected chi connectivity index (χ0v) is 9.16. The van der Waals surface area contributed by atoms with E-state index in [-0.39, 0.29) is 0 Å². The highest BCUT2D eigenvalue weighted by Crippen LogP contribution is 2.24. The lowest BCUT2D eigenvalue weighted by molar-refractivity contribution is 0.577. The van der Waals surface area contributed by atoms with Gasteiger partial charge in [0.05, 0.1) is 11.6 Å². The minimum atomic E-state index is 0.758. The molecular weight excluding hydrogens is 184 g/mol. The van der Waals surface area contributed by atoms with Crippen molar-refractivity contribution in [3.63, 3.8) is 0 Å². The highest BCUT2D eigenvalue weighted by atomic mass is 15.1. The summed E-state index contributed by atoms with van der Waals surface area (Å²) >= 11 is 0. The van der Waals surface area contributed by atoms with Gasteiger partial charge in [0.25, 0.3) is 0 Å². The molecule has 1 aliphatic rings. The second-order valence-electron chi connectivity index (χ2n) is 4.16. The molecule has 1 saturated heterocycles. The van der Waals surface area contributed by atoms with Gasteiger partial charge in [-0.25, -0.2) is 0 Å². The van der Waals surface area contributed by atoms with Gasteiger partial charge in [0, 0.05) is 18.8 Å². The summed E-state index contributed by atoms with van der Waals surface area (Å²) in [4.78, 5) is 2.43. The molecule has 1 fully saturated rings.